The van der Waals surface area contributed by atoms with E-state index in [0.717, 1.165) is 121 Å². The van der Waals surface area contributed by atoms with Crippen LogP contribution >= 0.6 is 0 Å². The van der Waals surface area contributed by atoms with Gasteiger partial charge in [0.1, 0.15) is 22.8 Å². The van der Waals surface area contributed by atoms with Gasteiger partial charge in [-0.05, 0) is 196 Å². The van der Waals surface area contributed by atoms with Crippen LogP contribution in [0.5, 0.6) is 0 Å². The zero-order chi connectivity index (χ0) is 53.9. The summed E-state index contributed by atoms with van der Waals surface area (Å²) in [6.07, 6.45) is 9.06. The van der Waals surface area contributed by atoms with E-state index >= 15 is 4.39 Å². The molecule has 0 spiro atoms. The fourth-order valence-electron chi connectivity index (χ4n) is 13.3. The number of ketones is 2. The SMILES string of the molecule is CC(C)(C)OC(=O)N1[C@@H]2CC[C@@H](C2)[C@H]1C(=O)C[C@@H](Cc1ccc(C2CCCN(C3CCOC3)C2)cc1F)C(N)=O.CC(C)(C)OC(=O)N1[C@@H]2CC[C@@H](C2)[C@H]1C(=O)C[C@@H](Cc1ccc(C2CCCNC2)cc1F)C(N)=O. The van der Waals surface area contributed by atoms with Crippen LogP contribution in [0.2, 0.25) is 0 Å². The molecule has 7 fully saturated rings. The van der Waals surface area contributed by atoms with Gasteiger partial charge in [0.2, 0.25) is 11.8 Å². The van der Waals surface area contributed by atoms with Crippen LogP contribution in [0.4, 0.5) is 18.4 Å². The van der Waals surface area contributed by atoms with Crippen LogP contribution in [0.25, 0.3) is 0 Å². The smallest absolute Gasteiger partial charge is 0.411 e. The molecule has 4 amide bonds. The first-order valence-electron chi connectivity index (χ1n) is 27.8. The largest absolute Gasteiger partial charge is 0.444 e. The maximum Gasteiger partial charge on any atom is 0.411 e. The van der Waals surface area contributed by atoms with Gasteiger partial charge in [0.15, 0.2) is 11.6 Å². The van der Waals surface area contributed by atoms with Crippen molar-refractivity contribution in [2.45, 2.75) is 191 Å². The quantitative estimate of drug-likeness (QED) is 0.157. The van der Waals surface area contributed by atoms with Gasteiger partial charge in [-0.15, -0.1) is 0 Å². The molecule has 2 saturated carbocycles. The summed E-state index contributed by atoms with van der Waals surface area (Å²) in [5, 5.41) is 3.34. The molecule has 4 bridgehead atoms. The highest BCUT2D eigenvalue weighted by Gasteiger charge is 2.54. The van der Waals surface area contributed by atoms with Gasteiger partial charge in [0.05, 0.1) is 18.7 Å². The average molecular weight is 1050 g/mol. The lowest BCUT2D eigenvalue weighted by Crippen LogP contribution is -2.51. The molecule has 5 N–H and O–H groups in total. The fourth-order valence-corrected chi connectivity index (χ4v) is 13.3. The van der Waals surface area contributed by atoms with E-state index in [1.165, 1.54) is 0 Å². The predicted molar refractivity (Wildman–Crippen MR) is 278 cm³/mol. The Hall–Kier alpha value is -5.00. The summed E-state index contributed by atoms with van der Waals surface area (Å²) in [6.45, 7) is 16.1. The Kier molecular flexibility index (Phi) is 17.8. The summed E-state index contributed by atoms with van der Waals surface area (Å²) in [5.74, 6) is -3.44. The molecular weight excluding hydrogens is 963 g/mol. The first-order valence-corrected chi connectivity index (χ1v) is 27.8. The Balaban J connectivity index is 0.000000201. The van der Waals surface area contributed by atoms with E-state index in [9.17, 15) is 33.2 Å². The molecule has 75 heavy (non-hydrogen) atoms. The van der Waals surface area contributed by atoms with Crippen molar-refractivity contribution in [3.63, 3.8) is 0 Å². The third-order valence-corrected chi connectivity index (χ3v) is 16.9. The summed E-state index contributed by atoms with van der Waals surface area (Å²) in [6, 6.07) is 9.63. The lowest BCUT2D eigenvalue weighted by molar-refractivity contribution is -0.131. The number of nitrogens with one attached hydrogen (secondary N) is 1. The maximum atomic E-state index is 15.4. The number of rotatable bonds is 15. The number of piperidine rings is 4. The molecular formula is C58H82F2N6O9. The highest BCUT2D eigenvalue weighted by Crippen LogP contribution is 2.46. The number of hydrogen-bond donors (Lipinski definition) is 3. The van der Waals surface area contributed by atoms with E-state index < -0.39 is 59.1 Å². The van der Waals surface area contributed by atoms with Crippen molar-refractivity contribution in [2.75, 3.05) is 39.4 Å². The molecule has 5 saturated heterocycles. The van der Waals surface area contributed by atoms with Crippen LogP contribution < -0.4 is 16.8 Å². The number of Topliss-reactive ketones (excluding diaryl/α,β-unsaturated/α-hetero) is 2. The third-order valence-electron chi connectivity index (χ3n) is 16.9. The number of carbonyl (C=O) groups excluding carboxylic acids is 6. The van der Waals surface area contributed by atoms with E-state index in [1.807, 2.05) is 12.1 Å². The van der Waals surface area contributed by atoms with Gasteiger partial charge in [-0.1, -0.05) is 24.3 Å². The second kappa shape index (κ2) is 23.7. The molecule has 15 nitrogen and oxygen atoms in total. The highest BCUT2D eigenvalue weighted by atomic mass is 19.1. The van der Waals surface area contributed by atoms with Crippen LogP contribution in [0.1, 0.15) is 159 Å². The van der Waals surface area contributed by atoms with Gasteiger partial charge in [-0.25, -0.2) is 18.4 Å². The van der Waals surface area contributed by atoms with Crippen molar-refractivity contribution in [1.82, 2.24) is 20.0 Å². The van der Waals surface area contributed by atoms with Gasteiger partial charge in [-0.3, -0.25) is 33.9 Å². The molecule has 5 heterocycles. The maximum absolute atomic E-state index is 15.4. The number of nitrogens with zero attached hydrogens (tertiary/aromatic N) is 3. The summed E-state index contributed by atoms with van der Waals surface area (Å²) >= 11 is 0. The number of nitrogens with two attached hydrogens (primary N) is 2. The Morgan fingerprint density at radius 1 is 0.667 bits per heavy atom. The van der Waals surface area contributed by atoms with Crippen molar-refractivity contribution >= 4 is 35.6 Å². The van der Waals surface area contributed by atoms with Gasteiger partial charge in [-0.2, -0.15) is 0 Å². The van der Waals surface area contributed by atoms with Crippen molar-refractivity contribution in [3.8, 4) is 0 Å². The Bertz CT molecular complexity index is 2410. The molecule has 5 aliphatic heterocycles. The number of hydrogen-bond acceptors (Lipinski definition) is 11. The summed E-state index contributed by atoms with van der Waals surface area (Å²) in [5.41, 5.74) is 12.7. The monoisotopic (exact) mass is 1040 g/mol. The first kappa shape index (κ1) is 56.2. The molecule has 2 aromatic carbocycles. The van der Waals surface area contributed by atoms with E-state index in [0.29, 0.717) is 17.2 Å². The van der Waals surface area contributed by atoms with E-state index in [1.54, 1.807) is 75.6 Å². The number of primary amides is 2. The zero-order valence-electron chi connectivity index (χ0n) is 45.1. The molecule has 0 aromatic heterocycles. The summed E-state index contributed by atoms with van der Waals surface area (Å²) in [4.78, 5) is 83.2. The molecule has 7 aliphatic rings. The Morgan fingerprint density at radius 3 is 1.59 bits per heavy atom. The van der Waals surface area contributed by atoms with Gasteiger partial charge in [0, 0.05) is 62.5 Å². The van der Waals surface area contributed by atoms with Crippen LogP contribution in [-0.2, 0) is 46.2 Å². The van der Waals surface area contributed by atoms with Crippen LogP contribution in [0.15, 0.2) is 36.4 Å². The molecule has 2 aliphatic carbocycles. The second-order valence-corrected chi connectivity index (χ2v) is 24.7. The van der Waals surface area contributed by atoms with E-state index in [-0.39, 0.29) is 84.6 Å². The van der Waals surface area contributed by atoms with Crippen LogP contribution in [0.3, 0.4) is 0 Å². The molecule has 17 heteroatoms. The summed E-state index contributed by atoms with van der Waals surface area (Å²) in [7, 11) is 0. The van der Waals surface area contributed by atoms with Crippen molar-refractivity contribution in [2.24, 2.45) is 35.1 Å². The molecule has 3 unspecified atom stereocenters. The number of amides is 4. The normalized spacial score (nSPS) is 28.3. The third kappa shape index (κ3) is 13.8. The minimum Gasteiger partial charge on any atom is -0.444 e. The lowest BCUT2D eigenvalue weighted by atomic mass is 9.85. The minimum atomic E-state index is -0.847. The molecule has 9 rings (SSSR count). The number of ether oxygens (including phenoxy) is 3. The number of carbonyl (C=O) groups is 6. The molecule has 0 radical (unpaired) electrons. The zero-order valence-corrected chi connectivity index (χ0v) is 45.1. The second-order valence-electron chi connectivity index (χ2n) is 24.7. The highest BCUT2D eigenvalue weighted by molar-refractivity contribution is 5.93. The topological polar surface area (TPSA) is 204 Å². The Morgan fingerprint density at radius 2 is 1.16 bits per heavy atom. The van der Waals surface area contributed by atoms with Gasteiger partial charge < -0.3 is 31.0 Å². The number of benzene rings is 2. The fraction of sp³-hybridized carbons (Fsp3) is 0.690. The van der Waals surface area contributed by atoms with Crippen molar-refractivity contribution < 1.29 is 51.8 Å². The Labute approximate surface area is 441 Å². The standard InChI is InChI=1S/C31H44FN3O5.C27H38FN3O4/c1-31(2,3)40-30(38)35-24-9-8-21(14-24)28(35)27(36)16-23(29(33)37)13-20-7-6-19(15-26(20)32)22-5-4-11-34(17-22)25-10-12-39-18-25;1-27(2,3)35-26(34)31-21-9-8-18(12-21)24(31)23(32)14-20(25(29)33)11-17-7-6-16(13-22(17)28)19-5-4-10-30-15-19/h6-7,15,21-25,28H,4-5,8-14,16-18H2,1-3H3,(H2,33,37);6-7,13,18-21,24,30H,4-5,8-12,14-15H2,1-3H3,(H2,29,33)/t21-,22?,23+,24+,25?,28-;18-,19?,20+,21+,24-/m00/s1. The minimum absolute atomic E-state index is 0.0184. The lowest BCUT2D eigenvalue weighted by Gasteiger charge is -2.36. The van der Waals surface area contributed by atoms with Crippen molar-refractivity contribution in [1.29, 1.82) is 0 Å². The molecule has 11 atom stereocenters. The molecule has 2 aromatic rings. The van der Waals surface area contributed by atoms with E-state index in [4.69, 9.17) is 25.7 Å². The number of fused-ring (bicyclic) bond motifs is 4. The molecule has 412 valence electrons. The van der Waals surface area contributed by atoms with Crippen LogP contribution in [0, 0.1) is 35.3 Å². The first-order chi connectivity index (χ1) is 35.5. The number of likely N-dealkylation sites (tertiary alicyclic amines) is 3. The van der Waals surface area contributed by atoms with Crippen LogP contribution in [-0.4, -0.2) is 131 Å². The van der Waals surface area contributed by atoms with Crippen molar-refractivity contribution in [3.05, 3.63) is 70.3 Å². The number of halogens is 2. The predicted octanol–water partition coefficient (Wildman–Crippen LogP) is 7.87. The van der Waals surface area contributed by atoms with Gasteiger partial charge >= 0.3 is 12.2 Å². The summed E-state index contributed by atoms with van der Waals surface area (Å²) < 4.78 is 47.1. The van der Waals surface area contributed by atoms with Gasteiger partial charge in [0.25, 0.3) is 0 Å². The van der Waals surface area contributed by atoms with E-state index in [2.05, 4.69) is 10.2 Å². The average Bonchev–Trinajstić information content (AvgIpc) is 4.23.